The zero-order valence-corrected chi connectivity index (χ0v) is 4.72. The summed E-state index contributed by atoms with van der Waals surface area (Å²) in [6.45, 7) is 0. The average molecular weight is 125 g/mol. The molecule has 48 valence electrons. The van der Waals surface area contributed by atoms with Crippen LogP contribution in [0.4, 0.5) is 11.4 Å². The number of aromatic amines is 1. The van der Waals surface area contributed by atoms with Crippen LogP contribution in [0.3, 0.4) is 0 Å². The first-order valence-electron chi connectivity index (χ1n) is 2.44. The van der Waals surface area contributed by atoms with Crippen LogP contribution >= 0.6 is 0 Å². The largest absolute Gasteiger partial charge is 0.394 e. The van der Waals surface area contributed by atoms with E-state index in [9.17, 15) is 4.79 Å². The maximum Gasteiger partial charge on any atom is 0.227 e. The molecule has 0 unspecified atom stereocenters. The minimum atomic E-state index is -0.311. The summed E-state index contributed by atoms with van der Waals surface area (Å²) < 4.78 is 0. The van der Waals surface area contributed by atoms with E-state index in [2.05, 4.69) is 4.98 Å². The molecule has 0 aliphatic rings. The summed E-state index contributed by atoms with van der Waals surface area (Å²) in [5.41, 5.74) is 10.4. The van der Waals surface area contributed by atoms with Crippen LogP contribution in [0.15, 0.2) is 17.2 Å². The van der Waals surface area contributed by atoms with Gasteiger partial charge in [0.2, 0.25) is 5.43 Å². The van der Waals surface area contributed by atoms with Gasteiger partial charge in [0.1, 0.15) is 0 Å². The Balaban J connectivity index is 3.43. The van der Waals surface area contributed by atoms with Crippen molar-refractivity contribution in [3.63, 3.8) is 0 Å². The minimum Gasteiger partial charge on any atom is -0.394 e. The van der Waals surface area contributed by atoms with Crippen molar-refractivity contribution in [3.05, 3.63) is 22.6 Å². The van der Waals surface area contributed by atoms with Crippen molar-refractivity contribution in [3.8, 4) is 0 Å². The fourth-order valence-corrected chi connectivity index (χ4v) is 0.519. The zero-order valence-electron chi connectivity index (χ0n) is 4.72. The Morgan fingerprint density at radius 2 is 1.67 bits per heavy atom. The van der Waals surface area contributed by atoms with Crippen LogP contribution in [0.1, 0.15) is 0 Å². The van der Waals surface area contributed by atoms with Crippen LogP contribution in [0.2, 0.25) is 0 Å². The van der Waals surface area contributed by atoms with Gasteiger partial charge in [-0.1, -0.05) is 0 Å². The van der Waals surface area contributed by atoms with Crippen molar-refractivity contribution in [2.24, 2.45) is 0 Å². The number of nitrogen functional groups attached to an aromatic ring is 2. The van der Waals surface area contributed by atoms with Gasteiger partial charge in [-0.3, -0.25) is 4.79 Å². The second-order valence-corrected chi connectivity index (χ2v) is 1.70. The van der Waals surface area contributed by atoms with E-state index in [0.717, 1.165) is 0 Å². The fourth-order valence-electron chi connectivity index (χ4n) is 0.519. The Bertz CT molecular complexity index is 242. The molecule has 4 heteroatoms. The van der Waals surface area contributed by atoms with Crippen LogP contribution in [0.5, 0.6) is 0 Å². The fraction of sp³-hybridized carbons (Fsp3) is 0. The monoisotopic (exact) mass is 125 g/mol. The lowest BCUT2D eigenvalue weighted by atomic mass is 10.4. The molecule has 0 aliphatic heterocycles. The Hall–Kier alpha value is -1.45. The van der Waals surface area contributed by atoms with Gasteiger partial charge in [0.25, 0.3) is 0 Å². The SMILES string of the molecule is Nc1c[nH]cc(N)c1=O. The van der Waals surface area contributed by atoms with E-state index in [1.54, 1.807) is 0 Å². The third-order valence-electron chi connectivity index (χ3n) is 1.00. The van der Waals surface area contributed by atoms with Gasteiger partial charge in [0.05, 0.1) is 11.4 Å². The van der Waals surface area contributed by atoms with Crippen molar-refractivity contribution in [2.45, 2.75) is 0 Å². The molecule has 0 spiro atoms. The first-order chi connectivity index (χ1) is 4.22. The van der Waals surface area contributed by atoms with Gasteiger partial charge in [-0.25, -0.2) is 0 Å². The summed E-state index contributed by atoms with van der Waals surface area (Å²) >= 11 is 0. The Labute approximate surface area is 51.5 Å². The molecule has 1 heterocycles. The van der Waals surface area contributed by atoms with Crippen LogP contribution in [0.25, 0.3) is 0 Å². The summed E-state index contributed by atoms with van der Waals surface area (Å²) in [4.78, 5) is 13.3. The molecule has 0 amide bonds. The highest BCUT2D eigenvalue weighted by molar-refractivity contribution is 5.47. The molecule has 0 fully saturated rings. The lowest BCUT2D eigenvalue weighted by Gasteiger charge is -1.91. The maximum atomic E-state index is 10.7. The molecular formula is C5H7N3O. The summed E-state index contributed by atoms with van der Waals surface area (Å²) in [7, 11) is 0. The molecule has 0 bridgehead atoms. The predicted octanol–water partition coefficient (Wildman–Crippen LogP) is -0.461. The highest BCUT2D eigenvalue weighted by atomic mass is 16.1. The van der Waals surface area contributed by atoms with E-state index in [4.69, 9.17) is 11.5 Å². The first kappa shape index (κ1) is 5.68. The summed E-state index contributed by atoms with van der Waals surface area (Å²) in [6, 6.07) is 0. The molecule has 9 heavy (non-hydrogen) atoms. The molecule has 0 aliphatic carbocycles. The van der Waals surface area contributed by atoms with E-state index in [-0.39, 0.29) is 16.8 Å². The molecule has 4 nitrogen and oxygen atoms in total. The molecule has 1 aromatic rings. The summed E-state index contributed by atoms with van der Waals surface area (Å²) in [6.07, 6.45) is 2.80. The molecule has 0 saturated heterocycles. The van der Waals surface area contributed by atoms with E-state index in [1.807, 2.05) is 0 Å². The number of hydrogen-bond donors (Lipinski definition) is 3. The number of H-pyrrole nitrogens is 1. The Morgan fingerprint density at radius 1 is 1.22 bits per heavy atom. The van der Waals surface area contributed by atoms with E-state index < -0.39 is 0 Å². The topological polar surface area (TPSA) is 84.9 Å². The second-order valence-electron chi connectivity index (χ2n) is 1.70. The molecule has 1 rings (SSSR count). The maximum absolute atomic E-state index is 10.7. The quantitative estimate of drug-likeness (QED) is 0.438. The molecule has 5 N–H and O–H groups in total. The van der Waals surface area contributed by atoms with Crippen molar-refractivity contribution in [1.82, 2.24) is 4.98 Å². The number of anilines is 2. The lowest BCUT2D eigenvalue weighted by Crippen LogP contribution is -2.12. The lowest BCUT2D eigenvalue weighted by molar-refractivity contribution is 1.31. The average Bonchev–Trinajstić information content (AvgIpc) is 1.83. The van der Waals surface area contributed by atoms with Crippen LogP contribution in [-0.2, 0) is 0 Å². The summed E-state index contributed by atoms with van der Waals surface area (Å²) in [5.74, 6) is 0. The molecule has 0 saturated carbocycles. The third kappa shape index (κ3) is 0.861. The van der Waals surface area contributed by atoms with Gasteiger partial charge in [-0.2, -0.15) is 0 Å². The molecular weight excluding hydrogens is 118 g/mol. The number of pyridine rings is 1. The van der Waals surface area contributed by atoms with Gasteiger partial charge in [-0.05, 0) is 0 Å². The van der Waals surface area contributed by atoms with Gasteiger partial charge < -0.3 is 16.5 Å². The van der Waals surface area contributed by atoms with Crippen LogP contribution in [0, 0.1) is 0 Å². The normalized spacial score (nSPS) is 9.33. The predicted molar refractivity (Wildman–Crippen MR) is 35.9 cm³/mol. The zero-order chi connectivity index (χ0) is 6.85. The first-order valence-corrected chi connectivity index (χ1v) is 2.44. The van der Waals surface area contributed by atoms with Crippen molar-refractivity contribution in [2.75, 3.05) is 11.5 Å². The second kappa shape index (κ2) is 1.81. The number of rotatable bonds is 0. The summed E-state index contributed by atoms with van der Waals surface area (Å²) in [5, 5.41) is 0. The Morgan fingerprint density at radius 3 is 2.00 bits per heavy atom. The van der Waals surface area contributed by atoms with Crippen LogP contribution < -0.4 is 16.9 Å². The number of nitrogens with two attached hydrogens (primary N) is 2. The third-order valence-corrected chi connectivity index (χ3v) is 1.00. The standard InChI is InChI=1S/C5H7N3O/c6-3-1-8-2-4(7)5(3)9/h1-2H,6-7H2,(H,8,9). The van der Waals surface area contributed by atoms with Gasteiger partial charge in [0.15, 0.2) is 0 Å². The van der Waals surface area contributed by atoms with Gasteiger partial charge >= 0.3 is 0 Å². The number of aromatic nitrogens is 1. The van der Waals surface area contributed by atoms with Gasteiger partial charge in [-0.15, -0.1) is 0 Å². The van der Waals surface area contributed by atoms with E-state index >= 15 is 0 Å². The van der Waals surface area contributed by atoms with Crippen molar-refractivity contribution in [1.29, 1.82) is 0 Å². The van der Waals surface area contributed by atoms with E-state index in [1.165, 1.54) is 12.4 Å². The Kier molecular flexibility index (Phi) is 1.14. The molecule has 0 radical (unpaired) electrons. The van der Waals surface area contributed by atoms with Gasteiger partial charge in [0, 0.05) is 12.4 Å². The number of hydrogen-bond acceptors (Lipinski definition) is 3. The van der Waals surface area contributed by atoms with Crippen LogP contribution in [-0.4, -0.2) is 4.98 Å². The minimum absolute atomic E-state index is 0.148. The highest BCUT2D eigenvalue weighted by Crippen LogP contribution is 1.92. The molecule has 0 atom stereocenters. The highest BCUT2D eigenvalue weighted by Gasteiger charge is 1.94. The molecule has 0 aromatic carbocycles. The smallest absolute Gasteiger partial charge is 0.227 e. The molecule has 1 aromatic heterocycles. The van der Waals surface area contributed by atoms with Crippen molar-refractivity contribution >= 4 is 11.4 Å². The van der Waals surface area contributed by atoms with E-state index in [0.29, 0.717) is 0 Å². The number of nitrogens with one attached hydrogen (secondary N) is 1. The van der Waals surface area contributed by atoms with Crippen molar-refractivity contribution < 1.29 is 0 Å².